The summed E-state index contributed by atoms with van der Waals surface area (Å²) in [6, 6.07) is 6.27. The van der Waals surface area contributed by atoms with E-state index in [0.29, 0.717) is 6.54 Å². The summed E-state index contributed by atoms with van der Waals surface area (Å²) in [7, 11) is 1.68. The molecule has 114 valence electrons. The van der Waals surface area contributed by atoms with Crippen LogP contribution in [0.3, 0.4) is 0 Å². The van der Waals surface area contributed by atoms with E-state index in [0.717, 1.165) is 30.3 Å². The fourth-order valence-corrected chi connectivity index (χ4v) is 2.70. The van der Waals surface area contributed by atoms with Crippen LogP contribution in [0.2, 0.25) is 0 Å². The van der Waals surface area contributed by atoms with Crippen molar-refractivity contribution >= 4 is 0 Å². The van der Waals surface area contributed by atoms with Gasteiger partial charge in [0, 0.05) is 13.1 Å². The van der Waals surface area contributed by atoms with E-state index in [1.165, 1.54) is 31.4 Å². The average Bonchev–Trinajstić information content (AvgIpc) is 2.47. The molecule has 2 rings (SSSR count). The first kappa shape index (κ1) is 15.9. The van der Waals surface area contributed by atoms with Gasteiger partial charge < -0.3 is 10.5 Å². The molecule has 0 heterocycles. The third kappa shape index (κ3) is 4.49. The summed E-state index contributed by atoms with van der Waals surface area (Å²) < 4.78 is 5.36. The first-order chi connectivity index (χ1) is 10.3. The lowest BCUT2D eigenvalue weighted by Crippen LogP contribution is -2.32. The van der Waals surface area contributed by atoms with Crippen LogP contribution in [0.1, 0.15) is 37.3 Å². The number of nitrogens with zero attached hydrogens (tertiary/aromatic N) is 1. The van der Waals surface area contributed by atoms with Crippen LogP contribution >= 0.6 is 0 Å². The van der Waals surface area contributed by atoms with E-state index in [1.54, 1.807) is 7.11 Å². The summed E-state index contributed by atoms with van der Waals surface area (Å²) in [4.78, 5) is 2.52. The Hall–Kier alpha value is -1.50. The molecular weight excluding hydrogens is 260 g/mol. The van der Waals surface area contributed by atoms with Crippen molar-refractivity contribution in [3.63, 3.8) is 0 Å². The van der Waals surface area contributed by atoms with Gasteiger partial charge in [0.15, 0.2) is 0 Å². The molecule has 0 saturated heterocycles. The second-order valence-corrected chi connectivity index (χ2v) is 5.67. The largest absolute Gasteiger partial charge is 0.495 e. The fraction of sp³-hybridized carbons (Fsp3) is 0.556. The Morgan fingerprint density at radius 2 is 2.19 bits per heavy atom. The normalized spacial score (nSPS) is 14.5. The molecule has 1 aromatic rings. The summed E-state index contributed by atoms with van der Waals surface area (Å²) in [5, 5.41) is 0. The number of ether oxygens (including phenoxy) is 1. The minimum absolute atomic E-state index is 0.371. The molecule has 3 nitrogen and oxygen atoms in total. The van der Waals surface area contributed by atoms with E-state index in [1.807, 2.05) is 6.07 Å². The minimum atomic E-state index is 0.371. The molecule has 0 amide bonds. The van der Waals surface area contributed by atoms with E-state index in [9.17, 15) is 0 Å². The molecule has 1 aliphatic rings. The SMILES string of the molecule is CCN(Cc1ccc(OC)c(C#CCN)c1)CC1CCC1. The monoisotopic (exact) mass is 286 g/mol. The van der Waals surface area contributed by atoms with Crippen molar-refractivity contribution in [1.82, 2.24) is 4.90 Å². The standard InChI is InChI=1S/C18H26N2O/c1-3-20(13-15-6-4-7-15)14-16-9-10-18(21-2)17(12-16)8-5-11-19/h9-10,12,15H,3-4,6-7,11,13-14,19H2,1-2H3. The Morgan fingerprint density at radius 1 is 1.38 bits per heavy atom. The lowest BCUT2D eigenvalue weighted by atomic mass is 9.85. The Kier molecular flexibility index (Phi) is 6.10. The molecule has 1 aliphatic carbocycles. The molecule has 1 saturated carbocycles. The smallest absolute Gasteiger partial charge is 0.134 e. The number of methoxy groups -OCH3 is 1. The first-order valence-corrected chi connectivity index (χ1v) is 7.85. The Morgan fingerprint density at radius 3 is 2.76 bits per heavy atom. The molecule has 0 radical (unpaired) electrons. The number of benzene rings is 1. The molecule has 0 aromatic heterocycles. The third-order valence-electron chi connectivity index (χ3n) is 4.18. The maximum atomic E-state index is 5.46. The summed E-state index contributed by atoms with van der Waals surface area (Å²) in [6.07, 6.45) is 4.20. The lowest BCUT2D eigenvalue weighted by molar-refractivity contribution is 0.178. The highest BCUT2D eigenvalue weighted by atomic mass is 16.5. The highest BCUT2D eigenvalue weighted by Gasteiger charge is 2.20. The minimum Gasteiger partial charge on any atom is -0.495 e. The summed E-state index contributed by atoms with van der Waals surface area (Å²) in [5.41, 5.74) is 7.68. The van der Waals surface area contributed by atoms with Crippen molar-refractivity contribution in [1.29, 1.82) is 0 Å². The fourth-order valence-electron chi connectivity index (χ4n) is 2.70. The van der Waals surface area contributed by atoms with Gasteiger partial charge in [0.25, 0.3) is 0 Å². The zero-order chi connectivity index (χ0) is 15.1. The number of rotatable bonds is 6. The number of hydrogen-bond acceptors (Lipinski definition) is 3. The topological polar surface area (TPSA) is 38.5 Å². The second kappa shape index (κ2) is 8.07. The zero-order valence-corrected chi connectivity index (χ0v) is 13.2. The molecule has 21 heavy (non-hydrogen) atoms. The van der Waals surface area contributed by atoms with Gasteiger partial charge >= 0.3 is 0 Å². The average molecular weight is 286 g/mol. The number of hydrogen-bond donors (Lipinski definition) is 1. The van der Waals surface area contributed by atoms with Crippen LogP contribution in [0.25, 0.3) is 0 Å². The predicted molar refractivity (Wildman–Crippen MR) is 87.2 cm³/mol. The highest BCUT2D eigenvalue weighted by Crippen LogP contribution is 2.28. The van der Waals surface area contributed by atoms with Crippen LogP contribution in [0.15, 0.2) is 18.2 Å². The van der Waals surface area contributed by atoms with Crippen molar-refractivity contribution in [3.8, 4) is 17.6 Å². The quantitative estimate of drug-likeness (QED) is 0.817. The van der Waals surface area contributed by atoms with Crippen molar-refractivity contribution in [2.45, 2.75) is 32.7 Å². The lowest BCUT2D eigenvalue weighted by Gasteiger charge is -2.31. The molecule has 3 heteroatoms. The maximum absolute atomic E-state index is 5.46. The van der Waals surface area contributed by atoms with Crippen LogP contribution in [0.4, 0.5) is 0 Å². The van der Waals surface area contributed by atoms with Crippen molar-refractivity contribution in [2.24, 2.45) is 11.7 Å². The molecule has 0 atom stereocenters. The predicted octanol–water partition coefficient (Wildman–Crippen LogP) is 2.63. The summed E-state index contributed by atoms with van der Waals surface area (Å²) >= 11 is 0. The zero-order valence-electron chi connectivity index (χ0n) is 13.2. The van der Waals surface area contributed by atoms with Crippen LogP contribution in [-0.4, -0.2) is 31.6 Å². The third-order valence-corrected chi connectivity index (χ3v) is 4.18. The summed E-state index contributed by atoms with van der Waals surface area (Å²) in [5.74, 6) is 7.73. The van der Waals surface area contributed by atoms with Gasteiger partial charge in [-0.05, 0) is 43.0 Å². The first-order valence-electron chi connectivity index (χ1n) is 7.85. The van der Waals surface area contributed by atoms with Crippen LogP contribution in [-0.2, 0) is 6.54 Å². The van der Waals surface area contributed by atoms with Crippen molar-refractivity contribution in [2.75, 3.05) is 26.7 Å². The van der Waals surface area contributed by atoms with E-state index >= 15 is 0 Å². The Labute approximate surface area is 128 Å². The van der Waals surface area contributed by atoms with Gasteiger partial charge in [0.1, 0.15) is 5.75 Å². The van der Waals surface area contributed by atoms with Gasteiger partial charge in [-0.15, -0.1) is 0 Å². The Bertz CT molecular complexity index is 512. The van der Waals surface area contributed by atoms with Crippen LogP contribution in [0, 0.1) is 17.8 Å². The second-order valence-electron chi connectivity index (χ2n) is 5.67. The van der Waals surface area contributed by atoms with Crippen LogP contribution in [0.5, 0.6) is 5.75 Å². The van der Waals surface area contributed by atoms with Gasteiger partial charge in [0.05, 0.1) is 19.2 Å². The summed E-state index contributed by atoms with van der Waals surface area (Å²) in [6.45, 7) is 5.89. The van der Waals surface area contributed by atoms with Gasteiger partial charge in [-0.1, -0.05) is 31.3 Å². The van der Waals surface area contributed by atoms with Gasteiger partial charge in [-0.3, -0.25) is 4.90 Å². The van der Waals surface area contributed by atoms with E-state index in [2.05, 4.69) is 35.8 Å². The van der Waals surface area contributed by atoms with Crippen molar-refractivity contribution < 1.29 is 4.74 Å². The maximum Gasteiger partial charge on any atom is 0.134 e. The van der Waals surface area contributed by atoms with Gasteiger partial charge in [0.2, 0.25) is 0 Å². The molecule has 0 unspecified atom stereocenters. The number of nitrogens with two attached hydrogens (primary N) is 1. The molecule has 1 aromatic carbocycles. The van der Waals surface area contributed by atoms with E-state index in [4.69, 9.17) is 10.5 Å². The molecule has 0 spiro atoms. The molecule has 0 aliphatic heterocycles. The van der Waals surface area contributed by atoms with Crippen molar-refractivity contribution in [3.05, 3.63) is 29.3 Å². The van der Waals surface area contributed by atoms with Crippen LogP contribution < -0.4 is 10.5 Å². The Balaban J connectivity index is 2.07. The van der Waals surface area contributed by atoms with E-state index in [-0.39, 0.29) is 0 Å². The molecule has 2 N–H and O–H groups in total. The van der Waals surface area contributed by atoms with Gasteiger partial charge in [-0.2, -0.15) is 0 Å². The van der Waals surface area contributed by atoms with Gasteiger partial charge in [-0.25, -0.2) is 0 Å². The molecular formula is C18H26N2O. The highest BCUT2D eigenvalue weighted by molar-refractivity contribution is 5.48. The molecule has 1 fully saturated rings. The molecule has 0 bridgehead atoms. The van der Waals surface area contributed by atoms with E-state index < -0.39 is 0 Å².